The molecule has 2 heterocycles. The molecule has 2 amide bonds. The highest BCUT2D eigenvalue weighted by Gasteiger charge is 2.33. The quantitative estimate of drug-likeness (QED) is 0.295. The van der Waals surface area contributed by atoms with Crippen molar-refractivity contribution < 1.29 is 14.3 Å². The number of nitrogens with zero attached hydrogens (tertiary/aromatic N) is 2. The number of nitrogens with one attached hydrogen (secondary N) is 1. The van der Waals surface area contributed by atoms with Crippen LogP contribution >= 0.6 is 22.9 Å². The molecule has 6 nitrogen and oxygen atoms in total. The number of fused-ring (bicyclic) bond motifs is 1. The van der Waals surface area contributed by atoms with E-state index in [2.05, 4.69) is 26.1 Å². The van der Waals surface area contributed by atoms with E-state index in [9.17, 15) is 9.59 Å². The summed E-state index contributed by atoms with van der Waals surface area (Å²) in [5.74, 6) is 1.09. The highest BCUT2D eigenvalue weighted by molar-refractivity contribution is 7.16. The van der Waals surface area contributed by atoms with Crippen LogP contribution in [-0.4, -0.2) is 42.6 Å². The number of amides is 2. The molecule has 5 rings (SSSR count). The topological polar surface area (TPSA) is 71.0 Å². The van der Waals surface area contributed by atoms with Crippen molar-refractivity contribution in [2.24, 2.45) is 16.3 Å². The summed E-state index contributed by atoms with van der Waals surface area (Å²) < 4.78 is 5.71. The summed E-state index contributed by atoms with van der Waals surface area (Å²) in [6, 6.07) is 14.7. The maximum Gasteiger partial charge on any atom is 0.260 e. The van der Waals surface area contributed by atoms with Gasteiger partial charge in [-0.1, -0.05) is 32.4 Å². The Bertz CT molecular complexity index is 1380. The van der Waals surface area contributed by atoms with Gasteiger partial charge in [-0.25, -0.2) is 4.99 Å². The monoisotopic (exact) mass is 577 g/mol. The number of carbonyl (C=O) groups is 2. The molecule has 0 radical (unpaired) electrons. The second-order valence-corrected chi connectivity index (χ2v) is 13.2. The zero-order chi connectivity index (χ0) is 28.3. The SMILES string of the molecule is CC(C)(C)[C@@H]1CCc2c(sc(N=Cc3ccc(OCC(=O)N4CCCC4)cc3)c2C(=O)Nc2ccc(Cl)cc2)C1. The molecule has 1 aliphatic carbocycles. The largest absolute Gasteiger partial charge is 0.484 e. The minimum Gasteiger partial charge on any atom is -0.484 e. The first-order valence-corrected chi connectivity index (χ1v) is 15.1. The zero-order valence-electron chi connectivity index (χ0n) is 23.3. The highest BCUT2D eigenvalue weighted by atomic mass is 35.5. The molecule has 210 valence electrons. The molecular formula is C32H36ClN3O3S. The van der Waals surface area contributed by atoms with Crippen molar-refractivity contribution in [3.63, 3.8) is 0 Å². The average Bonchev–Trinajstić information content (AvgIpc) is 3.60. The molecule has 1 aliphatic heterocycles. The van der Waals surface area contributed by atoms with Gasteiger partial charge in [-0.15, -0.1) is 11.3 Å². The minimum absolute atomic E-state index is 0.0305. The predicted octanol–water partition coefficient (Wildman–Crippen LogP) is 7.56. The minimum atomic E-state index is -0.146. The lowest BCUT2D eigenvalue weighted by molar-refractivity contribution is -0.132. The number of benzene rings is 2. The van der Waals surface area contributed by atoms with Gasteiger partial charge < -0.3 is 15.0 Å². The molecule has 0 unspecified atom stereocenters. The lowest BCUT2D eigenvalue weighted by Crippen LogP contribution is -2.32. The molecule has 1 atom stereocenters. The van der Waals surface area contributed by atoms with Crippen LogP contribution in [0.2, 0.25) is 5.02 Å². The molecule has 1 N–H and O–H groups in total. The number of thiophene rings is 1. The summed E-state index contributed by atoms with van der Waals surface area (Å²) in [6.45, 7) is 8.56. The number of ether oxygens (including phenoxy) is 1. The average molecular weight is 578 g/mol. The Hall–Kier alpha value is -3.16. The zero-order valence-corrected chi connectivity index (χ0v) is 24.9. The van der Waals surface area contributed by atoms with Crippen molar-refractivity contribution in [3.8, 4) is 5.75 Å². The van der Waals surface area contributed by atoms with Gasteiger partial charge in [0, 0.05) is 34.9 Å². The summed E-state index contributed by atoms with van der Waals surface area (Å²) in [4.78, 5) is 33.7. The number of aliphatic imine (C=N–C) groups is 1. The van der Waals surface area contributed by atoms with Gasteiger partial charge in [0.15, 0.2) is 6.61 Å². The smallest absolute Gasteiger partial charge is 0.260 e. The van der Waals surface area contributed by atoms with Crippen molar-refractivity contribution in [2.45, 2.75) is 52.9 Å². The lowest BCUT2D eigenvalue weighted by atomic mass is 9.72. The molecule has 3 aromatic rings. The number of hydrogen-bond acceptors (Lipinski definition) is 5. The molecule has 1 fully saturated rings. The fourth-order valence-electron chi connectivity index (χ4n) is 5.35. The molecule has 0 saturated carbocycles. The molecule has 8 heteroatoms. The van der Waals surface area contributed by atoms with E-state index in [4.69, 9.17) is 21.3 Å². The highest BCUT2D eigenvalue weighted by Crippen LogP contribution is 2.45. The fourth-order valence-corrected chi connectivity index (χ4v) is 6.74. The van der Waals surface area contributed by atoms with E-state index in [-0.39, 0.29) is 23.8 Å². The summed E-state index contributed by atoms with van der Waals surface area (Å²) in [5.41, 5.74) is 3.59. The third kappa shape index (κ3) is 6.76. The lowest BCUT2D eigenvalue weighted by Gasteiger charge is -2.33. The van der Waals surface area contributed by atoms with Gasteiger partial charge >= 0.3 is 0 Å². The second kappa shape index (κ2) is 12.1. The van der Waals surface area contributed by atoms with Gasteiger partial charge in [-0.3, -0.25) is 9.59 Å². The normalized spacial score (nSPS) is 17.2. The van der Waals surface area contributed by atoms with Gasteiger partial charge in [-0.05, 0) is 103 Å². The summed E-state index contributed by atoms with van der Waals surface area (Å²) in [6.07, 6.45) is 6.80. The molecule has 2 aliphatic rings. The van der Waals surface area contributed by atoms with Crippen molar-refractivity contribution >= 4 is 51.7 Å². The summed E-state index contributed by atoms with van der Waals surface area (Å²) in [5, 5.41) is 4.39. The van der Waals surface area contributed by atoms with E-state index in [0.29, 0.717) is 27.9 Å². The van der Waals surface area contributed by atoms with Crippen LogP contribution in [0.1, 0.15) is 66.4 Å². The molecule has 0 bridgehead atoms. The van der Waals surface area contributed by atoms with Crippen LogP contribution in [0.4, 0.5) is 10.7 Å². The van der Waals surface area contributed by atoms with Crippen LogP contribution in [0.5, 0.6) is 5.75 Å². The third-order valence-corrected chi connectivity index (χ3v) is 9.25. The molecule has 0 spiro atoms. The van der Waals surface area contributed by atoms with E-state index in [1.54, 1.807) is 41.8 Å². The first-order chi connectivity index (χ1) is 19.2. The Kier molecular flexibility index (Phi) is 8.62. The Labute approximate surface area is 245 Å². The van der Waals surface area contributed by atoms with Crippen LogP contribution in [0, 0.1) is 11.3 Å². The summed E-state index contributed by atoms with van der Waals surface area (Å²) >= 11 is 7.65. The first-order valence-electron chi connectivity index (χ1n) is 13.9. The number of likely N-dealkylation sites (tertiary alicyclic amines) is 1. The van der Waals surface area contributed by atoms with Crippen molar-refractivity contribution in [1.29, 1.82) is 0 Å². The van der Waals surface area contributed by atoms with Crippen molar-refractivity contribution in [1.82, 2.24) is 4.90 Å². The van der Waals surface area contributed by atoms with E-state index in [1.807, 2.05) is 29.2 Å². The predicted molar refractivity (Wildman–Crippen MR) is 164 cm³/mol. The van der Waals surface area contributed by atoms with Crippen LogP contribution in [0.25, 0.3) is 0 Å². The van der Waals surface area contributed by atoms with Crippen LogP contribution in [-0.2, 0) is 17.6 Å². The number of hydrogen-bond donors (Lipinski definition) is 1. The van der Waals surface area contributed by atoms with Gasteiger partial charge in [0.1, 0.15) is 10.8 Å². The van der Waals surface area contributed by atoms with E-state index in [1.165, 1.54) is 4.88 Å². The Balaban J connectivity index is 1.34. The van der Waals surface area contributed by atoms with Crippen LogP contribution in [0.3, 0.4) is 0 Å². The maximum atomic E-state index is 13.6. The summed E-state index contributed by atoms with van der Waals surface area (Å²) in [7, 11) is 0. The molecule has 40 heavy (non-hydrogen) atoms. The van der Waals surface area contributed by atoms with E-state index >= 15 is 0 Å². The van der Waals surface area contributed by atoms with Gasteiger partial charge in [-0.2, -0.15) is 0 Å². The van der Waals surface area contributed by atoms with Gasteiger partial charge in [0.05, 0.1) is 5.56 Å². The van der Waals surface area contributed by atoms with Crippen LogP contribution in [0.15, 0.2) is 53.5 Å². The van der Waals surface area contributed by atoms with Gasteiger partial charge in [0.25, 0.3) is 11.8 Å². The number of anilines is 1. The molecule has 2 aromatic carbocycles. The van der Waals surface area contributed by atoms with Crippen molar-refractivity contribution in [3.05, 3.63) is 75.1 Å². The van der Waals surface area contributed by atoms with Crippen molar-refractivity contribution in [2.75, 3.05) is 25.0 Å². The van der Waals surface area contributed by atoms with Crippen LogP contribution < -0.4 is 10.1 Å². The Morgan fingerprint density at radius 1 is 1.10 bits per heavy atom. The van der Waals surface area contributed by atoms with E-state index in [0.717, 1.165) is 61.3 Å². The Morgan fingerprint density at radius 2 is 1.80 bits per heavy atom. The molecule has 1 saturated heterocycles. The van der Waals surface area contributed by atoms with Gasteiger partial charge in [0.2, 0.25) is 0 Å². The first kappa shape index (κ1) is 28.4. The molecular weight excluding hydrogens is 542 g/mol. The standard InChI is InChI=1S/C32H36ClN3O3S/c1-32(2,3)22-8-15-26-27(18-22)40-31(29(26)30(38)35-24-11-9-23(33)10-12-24)34-19-21-6-13-25(14-7-21)39-20-28(37)36-16-4-5-17-36/h6-7,9-14,19,22H,4-5,8,15-18,20H2,1-3H3,(H,35,38)/t22-/m1/s1. The maximum absolute atomic E-state index is 13.6. The van der Waals surface area contributed by atoms with E-state index < -0.39 is 0 Å². The number of rotatable bonds is 7. The fraction of sp³-hybridized carbons (Fsp3) is 0.406. The molecule has 1 aromatic heterocycles. The number of carbonyl (C=O) groups excluding carboxylic acids is 2. The third-order valence-electron chi connectivity index (χ3n) is 7.83. The Morgan fingerprint density at radius 3 is 2.48 bits per heavy atom. The number of halogens is 1. The second-order valence-electron chi connectivity index (χ2n) is 11.7.